The fourth-order valence-electron chi connectivity index (χ4n) is 2.96. The molecule has 0 aliphatic carbocycles. The summed E-state index contributed by atoms with van der Waals surface area (Å²) in [7, 11) is 2.03. The highest BCUT2D eigenvalue weighted by atomic mass is 15.3. The molecule has 25 heavy (non-hydrogen) atoms. The highest BCUT2D eigenvalue weighted by molar-refractivity contribution is 5.57. The van der Waals surface area contributed by atoms with Gasteiger partial charge in [-0.05, 0) is 44.5 Å². The summed E-state index contributed by atoms with van der Waals surface area (Å²) in [5, 5.41) is 4.71. The van der Waals surface area contributed by atoms with Gasteiger partial charge in [-0.2, -0.15) is 5.10 Å². The molecule has 4 aromatic heterocycles. The SMILES string of the molecule is Cc1nc2ccc(CCc3nc(-c4cccnc4)cn3C)nn2c1C. The highest BCUT2D eigenvalue weighted by Crippen LogP contribution is 2.18. The number of hydrogen-bond acceptors (Lipinski definition) is 4. The minimum absolute atomic E-state index is 0.835. The quantitative estimate of drug-likeness (QED) is 0.576. The second-order valence-corrected chi connectivity index (χ2v) is 6.27. The number of aromatic nitrogens is 6. The first-order valence-corrected chi connectivity index (χ1v) is 8.36. The Morgan fingerprint density at radius 1 is 1.04 bits per heavy atom. The number of aryl methyl sites for hydroxylation is 5. The van der Waals surface area contributed by atoms with Gasteiger partial charge >= 0.3 is 0 Å². The first-order chi connectivity index (χ1) is 12.1. The van der Waals surface area contributed by atoms with Crippen molar-refractivity contribution in [2.24, 2.45) is 7.05 Å². The van der Waals surface area contributed by atoms with Crippen LogP contribution in [0.25, 0.3) is 16.9 Å². The van der Waals surface area contributed by atoms with E-state index in [-0.39, 0.29) is 0 Å². The van der Waals surface area contributed by atoms with Gasteiger partial charge in [0.15, 0.2) is 5.65 Å². The molecule has 0 aliphatic rings. The number of pyridine rings is 1. The predicted octanol–water partition coefficient (Wildman–Crippen LogP) is 2.93. The average molecular weight is 332 g/mol. The van der Waals surface area contributed by atoms with E-state index in [4.69, 9.17) is 10.1 Å². The Hall–Kier alpha value is -3.02. The molecule has 0 aliphatic heterocycles. The van der Waals surface area contributed by atoms with Gasteiger partial charge in [0, 0.05) is 37.6 Å². The summed E-state index contributed by atoms with van der Waals surface area (Å²) in [6.45, 7) is 4.06. The van der Waals surface area contributed by atoms with Crippen LogP contribution in [0.3, 0.4) is 0 Å². The van der Waals surface area contributed by atoms with Crippen LogP contribution in [-0.4, -0.2) is 29.1 Å². The Labute approximate surface area is 146 Å². The number of nitrogens with zero attached hydrogens (tertiary/aromatic N) is 6. The van der Waals surface area contributed by atoms with Crippen LogP contribution >= 0.6 is 0 Å². The minimum atomic E-state index is 0.835. The van der Waals surface area contributed by atoms with Crippen LogP contribution in [0.5, 0.6) is 0 Å². The van der Waals surface area contributed by atoms with E-state index in [1.807, 2.05) is 62.1 Å². The average Bonchev–Trinajstić information content (AvgIpc) is 3.14. The molecule has 4 rings (SSSR count). The lowest BCUT2D eigenvalue weighted by molar-refractivity contribution is 0.741. The van der Waals surface area contributed by atoms with Gasteiger partial charge < -0.3 is 4.57 Å². The number of rotatable bonds is 4. The first kappa shape index (κ1) is 15.5. The van der Waals surface area contributed by atoms with E-state index in [2.05, 4.69) is 14.5 Å². The van der Waals surface area contributed by atoms with Crippen LogP contribution in [0.1, 0.15) is 22.9 Å². The fourth-order valence-corrected chi connectivity index (χ4v) is 2.96. The number of hydrogen-bond donors (Lipinski definition) is 0. The molecule has 6 heteroatoms. The summed E-state index contributed by atoms with van der Waals surface area (Å²) in [5.41, 5.74) is 6.04. The van der Waals surface area contributed by atoms with Crippen molar-refractivity contribution in [3.63, 3.8) is 0 Å². The Bertz CT molecular complexity index is 1030. The van der Waals surface area contributed by atoms with Crippen LogP contribution in [0.4, 0.5) is 0 Å². The molecule has 0 saturated heterocycles. The lowest BCUT2D eigenvalue weighted by Gasteiger charge is -2.03. The topological polar surface area (TPSA) is 60.9 Å². The van der Waals surface area contributed by atoms with Crippen LogP contribution in [0, 0.1) is 13.8 Å². The molecule has 0 bridgehead atoms. The molecule has 126 valence electrons. The van der Waals surface area contributed by atoms with Crippen LogP contribution < -0.4 is 0 Å². The first-order valence-electron chi connectivity index (χ1n) is 8.36. The summed E-state index contributed by atoms with van der Waals surface area (Å²) < 4.78 is 4.00. The third-order valence-corrected chi connectivity index (χ3v) is 4.53. The maximum absolute atomic E-state index is 4.76. The monoisotopic (exact) mass is 332 g/mol. The Kier molecular flexibility index (Phi) is 3.80. The van der Waals surface area contributed by atoms with Crippen LogP contribution in [0.2, 0.25) is 0 Å². The maximum Gasteiger partial charge on any atom is 0.154 e. The van der Waals surface area contributed by atoms with Gasteiger partial charge in [0.2, 0.25) is 0 Å². The molecule has 0 spiro atoms. The fraction of sp³-hybridized carbons (Fsp3) is 0.263. The molecule has 0 N–H and O–H groups in total. The van der Waals surface area contributed by atoms with Crippen molar-refractivity contribution in [3.05, 3.63) is 65.8 Å². The van der Waals surface area contributed by atoms with Gasteiger partial charge in [-0.25, -0.2) is 14.5 Å². The molecular weight excluding hydrogens is 312 g/mol. The van der Waals surface area contributed by atoms with E-state index in [9.17, 15) is 0 Å². The Morgan fingerprint density at radius 3 is 2.72 bits per heavy atom. The Morgan fingerprint density at radius 2 is 1.92 bits per heavy atom. The normalized spacial score (nSPS) is 11.3. The molecule has 0 atom stereocenters. The van der Waals surface area contributed by atoms with E-state index >= 15 is 0 Å². The summed E-state index contributed by atoms with van der Waals surface area (Å²) in [4.78, 5) is 13.4. The van der Waals surface area contributed by atoms with E-state index in [0.29, 0.717) is 0 Å². The van der Waals surface area contributed by atoms with Crippen molar-refractivity contribution in [3.8, 4) is 11.3 Å². The van der Waals surface area contributed by atoms with Crippen molar-refractivity contribution in [1.29, 1.82) is 0 Å². The van der Waals surface area contributed by atoms with Gasteiger partial charge in [0.05, 0.1) is 22.8 Å². The molecule has 0 amide bonds. The number of imidazole rings is 2. The number of fused-ring (bicyclic) bond motifs is 1. The molecule has 0 fully saturated rings. The lowest BCUT2D eigenvalue weighted by atomic mass is 10.2. The largest absolute Gasteiger partial charge is 0.337 e. The van der Waals surface area contributed by atoms with Crippen molar-refractivity contribution < 1.29 is 0 Å². The van der Waals surface area contributed by atoms with Crippen molar-refractivity contribution in [2.75, 3.05) is 0 Å². The van der Waals surface area contributed by atoms with Gasteiger partial charge in [0.1, 0.15) is 5.82 Å². The van der Waals surface area contributed by atoms with E-state index in [0.717, 1.165) is 52.7 Å². The van der Waals surface area contributed by atoms with Crippen molar-refractivity contribution >= 4 is 5.65 Å². The van der Waals surface area contributed by atoms with E-state index in [1.165, 1.54) is 0 Å². The van der Waals surface area contributed by atoms with Gasteiger partial charge in [-0.3, -0.25) is 4.98 Å². The second-order valence-electron chi connectivity index (χ2n) is 6.27. The summed E-state index contributed by atoms with van der Waals surface area (Å²) in [6.07, 6.45) is 7.33. The maximum atomic E-state index is 4.76. The van der Waals surface area contributed by atoms with Gasteiger partial charge in [0.25, 0.3) is 0 Å². The zero-order valence-electron chi connectivity index (χ0n) is 14.6. The molecule has 0 aromatic carbocycles. The second kappa shape index (κ2) is 6.12. The zero-order valence-corrected chi connectivity index (χ0v) is 14.6. The van der Waals surface area contributed by atoms with Gasteiger partial charge in [-0.15, -0.1) is 0 Å². The van der Waals surface area contributed by atoms with E-state index < -0.39 is 0 Å². The molecule has 4 heterocycles. The predicted molar refractivity (Wildman–Crippen MR) is 96.3 cm³/mol. The summed E-state index contributed by atoms with van der Waals surface area (Å²) in [5.74, 6) is 1.04. The van der Waals surface area contributed by atoms with Crippen molar-refractivity contribution in [2.45, 2.75) is 26.7 Å². The van der Waals surface area contributed by atoms with Gasteiger partial charge in [-0.1, -0.05) is 0 Å². The van der Waals surface area contributed by atoms with E-state index in [1.54, 1.807) is 6.20 Å². The van der Waals surface area contributed by atoms with Crippen LogP contribution in [-0.2, 0) is 19.9 Å². The molecule has 0 saturated carbocycles. The molecule has 0 unspecified atom stereocenters. The molecular formula is C19H20N6. The zero-order chi connectivity index (χ0) is 17.4. The van der Waals surface area contributed by atoms with Crippen LogP contribution in [0.15, 0.2) is 42.9 Å². The lowest BCUT2D eigenvalue weighted by Crippen LogP contribution is -2.04. The molecule has 6 nitrogen and oxygen atoms in total. The summed E-state index contributed by atoms with van der Waals surface area (Å²) in [6, 6.07) is 8.03. The third-order valence-electron chi connectivity index (χ3n) is 4.53. The molecule has 0 radical (unpaired) electrons. The third kappa shape index (κ3) is 2.91. The minimum Gasteiger partial charge on any atom is -0.337 e. The molecule has 4 aromatic rings. The summed E-state index contributed by atoms with van der Waals surface area (Å²) >= 11 is 0. The smallest absolute Gasteiger partial charge is 0.154 e. The standard InChI is InChI=1S/C19H20N6/c1-13-14(2)25-19(21-13)9-7-16(23-25)6-8-18-22-17(12-24(18)3)15-5-4-10-20-11-15/h4-5,7,9-12H,6,8H2,1-3H3. The Balaban J connectivity index is 1.55. The van der Waals surface area contributed by atoms with Crippen molar-refractivity contribution in [1.82, 2.24) is 29.1 Å². The highest BCUT2D eigenvalue weighted by Gasteiger charge is 2.10.